The van der Waals surface area contributed by atoms with E-state index in [9.17, 15) is 4.79 Å². The van der Waals surface area contributed by atoms with Crippen molar-refractivity contribution in [2.45, 2.75) is 38.1 Å². The molecule has 18 heavy (non-hydrogen) atoms. The van der Waals surface area contributed by atoms with Crippen LogP contribution in [0.3, 0.4) is 0 Å². The lowest BCUT2D eigenvalue weighted by molar-refractivity contribution is -0.120. The van der Waals surface area contributed by atoms with Gasteiger partial charge < -0.3 is 10.6 Å². The average molecular weight is 311 g/mol. The molecule has 98 valence electrons. The first-order valence-electron chi connectivity index (χ1n) is 6.53. The number of nitrogens with one attached hydrogen (secondary N) is 2. The molecule has 0 saturated heterocycles. The van der Waals surface area contributed by atoms with E-state index >= 15 is 0 Å². The van der Waals surface area contributed by atoms with Gasteiger partial charge in [0.1, 0.15) is 0 Å². The monoisotopic (exact) mass is 310 g/mol. The van der Waals surface area contributed by atoms with Crippen molar-refractivity contribution in [1.82, 2.24) is 5.32 Å². The van der Waals surface area contributed by atoms with Crippen molar-refractivity contribution >= 4 is 27.5 Å². The number of carbonyl (C=O) groups excluding carboxylic acids is 1. The third-order valence-corrected chi connectivity index (χ3v) is 3.74. The van der Waals surface area contributed by atoms with Crippen molar-refractivity contribution in [2.75, 3.05) is 11.9 Å². The zero-order valence-electron chi connectivity index (χ0n) is 10.4. The summed E-state index contributed by atoms with van der Waals surface area (Å²) in [5, 5.41) is 6.22. The Morgan fingerprint density at radius 3 is 2.78 bits per heavy atom. The standard InChI is InChI=1S/C14H19BrN2O/c15-11-5-4-8-13(9-11)16-10-14(18)17-12-6-2-1-3-7-12/h4-5,8-9,12,16H,1-3,6-7,10H2,(H,17,18). The molecule has 0 aromatic heterocycles. The molecule has 3 nitrogen and oxygen atoms in total. The van der Waals surface area contributed by atoms with Gasteiger partial charge in [-0.05, 0) is 31.0 Å². The number of halogens is 1. The second-order valence-electron chi connectivity index (χ2n) is 4.77. The Morgan fingerprint density at radius 2 is 2.06 bits per heavy atom. The minimum absolute atomic E-state index is 0.0851. The summed E-state index contributed by atoms with van der Waals surface area (Å²) in [5.74, 6) is 0.0851. The molecule has 0 aliphatic heterocycles. The summed E-state index contributed by atoms with van der Waals surface area (Å²) in [4.78, 5) is 11.8. The first-order valence-corrected chi connectivity index (χ1v) is 7.32. The van der Waals surface area contributed by atoms with Crippen LogP contribution in [-0.2, 0) is 4.79 Å². The van der Waals surface area contributed by atoms with E-state index in [1.807, 2.05) is 24.3 Å². The van der Waals surface area contributed by atoms with Gasteiger partial charge in [0.25, 0.3) is 0 Å². The normalized spacial score (nSPS) is 16.3. The summed E-state index contributed by atoms with van der Waals surface area (Å²) in [7, 11) is 0. The Labute approximate surface area is 116 Å². The van der Waals surface area contributed by atoms with E-state index in [4.69, 9.17) is 0 Å². The maximum Gasteiger partial charge on any atom is 0.239 e. The molecule has 1 fully saturated rings. The summed E-state index contributed by atoms with van der Waals surface area (Å²) < 4.78 is 1.01. The third-order valence-electron chi connectivity index (χ3n) is 3.25. The van der Waals surface area contributed by atoms with Gasteiger partial charge in [-0.1, -0.05) is 41.3 Å². The highest BCUT2D eigenvalue weighted by Crippen LogP contribution is 2.17. The molecule has 0 bridgehead atoms. The molecule has 1 aliphatic rings. The van der Waals surface area contributed by atoms with Crippen LogP contribution >= 0.6 is 15.9 Å². The van der Waals surface area contributed by atoms with Gasteiger partial charge in [0.2, 0.25) is 5.91 Å². The fraction of sp³-hybridized carbons (Fsp3) is 0.500. The molecule has 4 heteroatoms. The molecule has 1 amide bonds. The number of rotatable bonds is 4. The first kappa shape index (κ1) is 13.4. The highest BCUT2D eigenvalue weighted by atomic mass is 79.9. The van der Waals surface area contributed by atoms with Gasteiger partial charge in [-0.2, -0.15) is 0 Å². The molecule has 1 saturated carbocycles. The Kier molecular flexibility index (Phi) is 5.05. The molecule has 0 heterocycles. The number of amides is 1. The largest absolute Gasteiger partial charge is 0.376 e. The molecule has 0 radical (unpaired) electrons. The lowest BCUT2D eigenvalue weighted by atomic mass is 9.95. The Balaban J connectivity index is 1.74. The van der Waals surface area contributed by atoms with Gasteiger partial charge in [0, 0.05) is 16.2 Å². The van der Waals surface area contributed by atoms with E-state index in [0.717, 1.165) is 23.0 Å². The molecule has 1 aromatic rings. The van der Waals surface area contributed by atoms with Crippen LogP contribution in [0.25, 0.3) is 0 Å². The number of hydrogen-bond donors (Lipinski definition) is 2. The quantitative estimate of drug-likeness (QED) is 0.896. The molecule has 0 unspecified atom stereocenters. The smallest absolute Gasteiger partial charge is 0.239 e. The first-order chi connectivity index (χ1) is 8.74. The highest BCUT2D eigenvalue weighted by Gasteiger charge is 2.15. The van der Waals surface area contributed by atoms with Gasteiger partial charge >= 0.3 is 0 Å². The lowest BCUT2D eigenvalue weighted by Crippen LogP contribution is -2.39. The summed E-state index contributed by atoms with van der Waals surface area (Å²) in [5.41, 5.74) is 0.961. The van der Waals surface area contributed by atoms with Crippen LogP contribution in [0.15, 0.2) is 28.7 Å². The van der Waals surface area contributed by atoms with Gasteiger partial charge in [-0.15, -0.1) is 0 Å². The van der Waals surface area contributed by atoms with E-state index in [1.165, 1.54) is 19.3 Å². The van der Waals surface area contributed by atoms with E-state index in [-0.39, 0.29) is 5.91 Å². The summed E-state index contributed by atoms with van der Waals surface area (Å²) in [6.45, 7) is 0.340. The maximum atomic E-state index is 11.8. The zero-order chi connectivity index (χ0) is 12.8. The van der Waals surface area contributed by atoms with E-state index in [1.54, 1.807) is 0 Å². The van der Waals surface area contributed by atoms with E-state index in [0.29, 0.717) is 12.6 Å². The van der Waals surface area contributed by atoms with Crippen LogP contribution < -0.4 is 10.6 Å². The lowest BCUT2D eigenvalue weighted by Gasteiger charge is -2.22. The molecular formula is C14H19BrN2O. The average Bonchev–Trinajstić information content (AvgIpc) is 2.38. The molecule has 2 N–H and O–H groups in total. The second kappa shape index (κ2) is 6.78. The summed E-state index contributed by atoms with van der Waals surface area (Å²) >= 11 is 3.41. The van der Waals surface area contributed by atoms with Crippen molar-refractivity contribution < 1.29 is 4.79 Å². The molecule has 1 aromatic carbocycles. The molecular weight excluding hydrogens is 292 g/mol. The molecule has 0 spiro atoms. The minimum atomic E-state index is 0.0851. The van der Waals surface area contributed by atoms with Crippen molar-refractivity contribution in [3.05, 3.63) is 28.7 Å². The van der Waals surface area contributed by atoms with Gasteiger partial charge in [-0.3, -0.25) is 4.79 Å². The number of hydrogen-bond acceptors (Lipinski definition) is 2. The second-order valence-corrected chi connectivity index (χ2v) is 5.68. The van der Waals surface area contributed by atoms with Crippen LogP contribution in [0.5, 0.6) is 0 Å². The maximum absolute atomic E-state index is 11.8. The van der Waals surface area contributed by atoms with Crippen molar-refractivity contribution in [3.63, 3.8) is 0 Å². The predicted octanol–water partition coefficient (Wildman–Crippen LogP) is 3.31. The predicted molar refractivity (Wildman–Crippen MR) is 77.6 cm³/mol. The molecule has 2 rings (SSSR count). The fourth-order valence-corrected chi connectivity index (χ4v) is 2.71. The number of benzene rings is 1. The van der Waals surface area contributed by atoms with Crippen LogP contribution in [0.1, 0.15) is 32.1 Å². The van der Waals surface area contributed by atoms with Crippen molar-refractivity contribution in [1.29, 1.82) is 0 Å². The van der Waals surface area contributed by atoms with Crippen LogP contribution in [0, 0.1) is 0 Å². The zero-order valence-corrected chi connectivity index (χ0v) is 12.0. The Bertz CT molecular complexity index is 403. The summed E-state index contributed by atoms with van der Waals surface area (Å²) in [6.07, 6.45) is 6.04. The van der Waals surface area contributed by atoms with Crippen molar-refractivity contribution in [3.8, 4) is 0 Å². The van der Waals surface area contributed by atoms with E-state index < -0.39 is 0 Å². The van der Waals surface area contributed by atoms with Gasteiger partial charge in [0.15, 0.2) is 0 Å². The number of carbonyl (C=O) groups is 1. The fourth-order valence-electron chi connectivity index (χ4n) is 2.31. The van der Waals surface area contributed by atoms with Gasteiger partial charge in [-0.25, -0.2) is 0 Å². The number of anilines is 1. The Morgan fingerprint density at radius 1 is 1.28 bits per heavy atom. The molecule has 1 aliphatic carbocycles. The minimum Gasteiger partial charge on any atom is -0.376 e. The van der Waals surface area contributed by atoms with Gasteiger partial charge in [0.05, 0.1) is 6.54 Å². The highest BCUT2D eigenvalue weighted by molar-refractivity contribution is 9.10. The van der Waals surface area contributed by atoms with Crippen LogP contribution in [0.2, 0.25) is 0 Å². The van der Waals surface area contributed by atoms with Crippen LogP contribution in [-0.4, -0.2) is 18.5 Å². The SMILES string of the molecule is O=C(CNc1cccc(Br)c1)NC1CCCCC1. The summed E-state index contributed by atoms with van der Waals surface area (Å²) in [6, 6.07) is 8.22. The third kappa shape index (κ3) is 4.33. The molecule has 0 atom stereocenters. The Hall–Kier alpha value is -1.03. The van der Waals surface area contributed by atoms with Crippen molar-refractivity contribution in [2.24, 2.45) is 0 Å². The topological polar surface area (TPSA) is 41.1 Å². The van der Waals surface area contributed by atoms with Crippen LogP contribution in [0.4, 0.5) is 5.69 Å². The van der Waals surface area contributed by atoms with E-state index in [2.05, 4.69) is 26.6 Å².